The maximum absolute atomic E-state index is 12.7. The van der Waals surface area contributed by atoms with Crippen LogP contribution in [0.3, 0.4) is 0 Å². The first-order chi connectivity index (χ1) is 15.3. The average molecular weight is 478 g/mol. The van der Waals surface area contributed by atoms with E-state index in [-0.39, 0.29) is 46.0 Å². The number of aromatic nitrogens is 2. The van der Waals surface area contributed by atoms with Crippen molar-refractivity contribution in [3.05, 3.63) is 75.3 Å². The number of carbonyl (C=O) groups excluding carboxylic acids is 1. The zero-order valence-corrected chi connectivity index (χ0v) is 18.4. The minimum absolute atomic E-state index is 0.00408. The molecule has 1 aliphatic rings. The predicted octanol–water partition coefficient (Wildman–Crippen LogP) is 2.16. The lowest BCUT2D eigenvalue weighted by Gasteiger charge is -2.13. The number of halogens is 1. The molecule has 1 aromatic carbocycles. The maximum Gasteiger partial charge on any atom is 0.338 e. The molecule has 1 N–H and O–H groups in total. The minimum Gasteiger partial charge on any atom is -0.456 e. The zero-order chi connectivity index (χ0) is 22.7. The van der Waals surface area contributed by atoms with Gasteiger partial charge in [-0.05, 0) is 43.2 Å². The molecule has 32 heavy (non-hydrogen) atoms. The van der Waals surface area contributed by atoms with E-state index in [0.717, 1.165) is 18.9 Å². The van der Waals surface area contributed by atoms with Crippen LogP contribution in [0.2, 0.25) is 5.02 Å². The van der Waals surface area contributed by atoms with Crippen LogP contribution in [-0.4, -0.2) is 43.0 Å². The summed E-state index contributed by atoms with van der Waals surface area (Å²) in [6, 6.07) is 10.2. The van der Waals surface area contributed by atoms with Gasteiger partial charge >= 0.3 is 5.97 Å². The fourth-order valence-corrected chi connectivity index (χ4v) is 4.91. The number of fused-ring (bicyclic) bond motifs is 1. The van der Waals surface area contributed by atoms with E-state index in [2.05, 4.69) is 9.71 Å². The zero-order valence-electron chi connectivity index (χ0n) is 16.9. The molecule has 0 radical (unpaired) electrons. The van der Waals surface area contributed by atoms with Crippen molar-refractivity contribution in [2.45, 2.75) is 30.4 Å². The molecule has 1 atom stereocenters. The molecule has 168 valence electrons. The Morgan fingerprint density at radius 3 is 2.91 bits per heavy atom. The summed E-state index contributed by atoms with van der Waals surface area (Å²) in [4.78, 5) is 28.7. The highest BCUT2D eigenvalue weighted by Gasteiger charge is 2.23. The molecule has 3 heterocycles. The van der Waals surface area contributed by atoms with Gasteiger partial charge in [-0.2, -0.15) is 0 Å². The summed E-state index contributed by atoms with van der Waals surface area (Å²) in [5.41, 5.74) is 0.390. The van der Waals surface area contributed by atoms with E-state index >= 15 is 0 Å². The van der Waals surface area contributed by atoms with E-state index in [1.54, 1.807) is 24.4 Å². The van der Waals surface area contributed by atoms with E-state index in [4.69, 9.17) is 21.1 Å². The van der Waals surface area contributed by atoms with E-state index in [1.807, 2.05) is 0 Å². The summed E-state index contributed by atoms with van der Waals surface area (Å²) >= 11 is 6.08. The number of benzene rings is 1. The second kappa shape index (κ2) is 9.37. The molecule has 0 amide bonds. The van der Waals surface area contributed by atoms with E-state index < -0.39 is 16.0 Å². The number of carbonyl (C=O) groups is 1. The summed E-state index contributed by atoms with van der Waals surface area (Å²) < 4.78 is 39.8. The summed E-state index contributed by atoms with van der Waals surface area (Å²) in [6.07, 6.45) is 3.06. The van der Waals surface area contributed by atoms with Gasteiger partial charge in [0.05, 0.1) is 22.4 Å². The SMILES string of the molecule is O=C(OCc1cc(=O)n2ccccc2n1)c1ccc(Cl)c(S(=O)(=O)NC[C@H]2CCCO2)c1. The molecule has 2 aromatic heterocycles. The quantitative estimate of drug-likeness (QED) is 0.518. The van der Waals surface area contributed by atoms with Crippen LogP contribution >= 0.6 is 11.6 Å². The number of esters is 1. The Hall–Kier alpha value is -2.79. The number of sulfonamides is 1. The van der Waals surface area contributed by atoms with Crippen molar-refractivity contribution in [1.82, 2.24) is 14.1 Å². The molecule has 3 aromatic rings. The van der Waals surface area contributed by atoms with Gasteiger partial charge in [0.2, 0.25) is 10.0 Å². The van der Waals surface area contributed by atoms with Crippen LogP contribution in [-0.2, 0) is 26.1 Å². The van der Waals surface area contributed by atoms with Crippen LogP contribution in [0.5, 0.6) is 0 Å². The predicted molar refractivity (Wildman–Crippen MR) is 116 cm³/mol. The number of hydrogen-bond donors (Lipinski definition) is 1. The van der Waals surface area contributed by atoms with E-state index in [0.29, 0.717) is 12.3 Å². The van der Waals surface area contributed by atoms with Crippen LogP contribution in [0.1, 0.15) is 28.9 Å². The Balaban J connectivity index is 1.47. The number of rotatable bonds is 7. The summed E-state index contributed by atoms with van der Waals surface area (Å²) in [5.74, 6) is -0.771. The van der Waals surface area contributed by atoms with Gasteiger partial charge in [-0.3, -0.25) is 9.20 Å². The monoisotopic (exact) mass is 477 g/mol. The second-order valence-corrected chi connectivity index (χ2v) is 9.37. The fourth-order valence-electron chi connectivity index (χ4n) is 3.32. The molecule has 0 saturated carbocycles. The minimum atomic E-state index is -3.96. The molecule has 4 rings (SSSR count). The first-order valence-corrected chi connectivity index (χ1v) is 11.7. The first-order valence-electron chi connectivity index (χ1n) is 9.89. The third-order valence-electron chi connectivity index (χ3n) is 4.96. The summed E-state index contributed by atoms with van der Waals surface area (Å²) in [7, 11) is -3.96. The molecule has 0 bridgehead atoms. The summed E-state index contributed by atoms with van der Waals surface area (Å²) in [5, 5.41) is -0.0226. The van der Waals surface area contributed by atoms with Crippen LogP contribution in [0.4, 0.5) is 0 Å². The molecular formula is C21H20ClN3O6S. The average Bonchev–Trinajstić information content (AvgIpc) is 3.30. The number of nitrogens with zero attached hydrogens (tertiary/aromatic N) is 2. The van der Waals surface area contributed by atoms with Crippen molar-refractivity contribution in [3.63, 3.8) is 0 Å². The molecule has 1 aliphatic heterocycles. The largest absolute Gasteiger partial charge is 0.456 e. The molecular weight excluding hydrogens is 458 g/mol. The Morgan fingerprint density at radius 2 is 2.12 bits per heavy atom. The Bertz CT molecular complexity index is 1320. The lowest BCUT2D eigenvalue weighted by Crippen LogP contribution is -2.32. The molecule has 11 heteroatoms. The van der Waals surface area contributed by atoms with Crippen molar-refractivity contribution in [1.29, 1.82) is 0 Å². The maximum atomic E-state index is 12.7. The molecule has 1 fully saturated rings. The van der Waals surface area contributed by atoms with Gasteiger partial charge in [0.25, 0.3) is 5.56 Å². The number of nitrogens with one attached hydrogen (secondary N) is 1. The van der Waals surface area contributed by atoms with Gasteiger partial charge in [0, 0.05) is 25.4 Å². The highest BCUT2D eigenvalue weighted by molar-refractivity contribution is 7.89. The van der Waals surface area contributed by atoms with Crippen molar-refractivity contribution < 1.29 is 22.7 Å². The number of ether oxygens (including phenoxy) is 2. The third kappa shape index (κ3) is 4.99. The third-order valence-corrected chi connectivity index (χ3v) is 6.86. The smallest absolute Gasteiger partial charge is 0.338 e. The van der Waals surface area contributed by atoms with Crippen molar-refractivity contribution in [2.24, 2.45) is 0 Å². The lowest BCUT2D eigenvalue weighted by atomic mass is 10.2. The van der Waals surface area contributed by atoms with Crippen LogP contribution in [0.25, 0.3) is 5.65 Å². The van der Waals surface area contributed by atoms with E-state index in [1.165, 1.54) is 22.6 Å². The van der Waals surface area contributed by atoms with Gasteiger partial charge in [-0.15, -0.1) is 0 Å². The van der Waals surface area contributed by atoms with Crippen molar-refractivity contribution >= 4 is 33.2 Å². The molecule has 0 aliphatic carbocycles. The van der Waals surface area contributed by atoms with E-state index in [9.17, 15) is 18.0 Å². The van der Waals surface area contributed by atoms with Gasteiger partial charge in [-0.1, -0.05) is 17.7 Å². The topological polar surface area (TPSA) is 116 Å². The molecule has 1 saturated heterocycles. The highest BCUT2D eigenvalue weighted by Crippen LogP contribution is 2.23. The Morgan fingerprint density at radius 1 is 1.28 bits per heavy atom. The summed E-state index contributed by atoms with van der Waals surface area (Å²) in [6.45, 7) is 0.477. The van der Waals surface area contributed by atoms with Gasteiger partial charge < -0.3 is 9.47 Å². The number of hydrogen-bond acceptors (Lipinski definition) is 7. The molecule has 0 spiro atoms. The van der Waals surface area contributed by atoms with Crippen LogP contribution < -0.4 is 10.3 Å². The standard InChI is InChI=1S/C21H20ClN3O6S/c22-17-7-6-14(10-18(17)32(28,29)23-12-16-4-3-9-30-16)21(27)31-13-15-11-20(26)25-8-2-1-5-19(25)24-15/h1-2,5-8,10-11,16,23H,3-4,9,12-13H2/t16-/m1/s1. The molecule has 9 nitrogen and oxygen atoms in total. The van der Waals surface area contributed by atoms with Crippen LogP contribution in [0.15, 0.2) is 58.4 Å². The van der Waals surface area contributed by atoms with Gasteiger partial charge in [0.15, 0.2) is 0 Å². The molecule has 0 unspecified atom stereocenters. The Kier molecular flexibility index (Phi) is 6.56. The lowest BCUT2D eigenvalue weighted by molar-refractivity contribution is 0.0467. The van der Waals surface area contributed by atoms with Crippen molar-refractivity contribution in [3.8, 4) is 0 Å². The first kappa shape index (κ1) is 22.4. The van der Waals surface area contributed by atoms with Crippen molar-refractivity contribution in [2.75, 3.05) is 13.2 Å². The fraction of sp³-hybridized carbons (Fsp3) is 0.286. The van der Waals surface area contributed by atoms with Gasteiger partial charge in [-0.25, -0.2) is 22.9 Å². The number of pyridine rings is 1. The van der Waals surface area contributed by atoms with Gasteiger partial charge in [0.1, 0.15) is 17.1 Å². The highest BCUT2D eigenvalue weighted by atomic mass is 35.5. The van der Waals surface area contributed by atoms with Crippen LogP contribution in [0, 0.1) is 0 Å². The normalized spacial score (nSPS) is 16.3. The second-order valence-electron chi connectivity index (χ2n) is 7.22. The Labute approximate surface area is 189 Å².